The molecule has 0 fully saturated rings. The van der Waals surface area contributed by atoms with Crippen LogP contribution in [0.15, 0.2) is 30.9 Å². The van der Waals surface area contributed by atoms with Crippen molar-refractivity contribution in [2.45, 2.75) is 32.4 Å². The summed E-state index contributed by atoms with van der Waals surface area (Å²) in [5.41, 5.74) is 4.06. The predicted octanol–water partition coefficient (Wildman–Crippen LogP) is 0.946. The maximum atomic E-state index is 12.8. The van der Waals surface area contributed by atoms with Crippen LogP contribution < -0.4 is 0 Å². The van der Waals surface area contributed by atoms with Gasteiger partial charge in [-0.1, -0.05) is 6.07 Å². The van der Waals surface area contributed by atoms with E-state index in [1.165, 1.54) is 11.2 Å². The number of carbonyl (C=O) groups excluding carboxylic acids is 1. The summed E-state index contributed by atoms with van der Waals surface area (Å²) in [6.07, 6.45) is 5.37. The Hall–Kier alpha value is -3.16. The molecule has 0 radical (unpaired) electrons. The number of nitrogens with zero attached hydrogens (tertiary/aromatic N) is 4. The van der Waals surface area contributed by atoms with E-state index in [2.05, 4.69) is 15.0 Å². The molecule has 0 aliphatic carbocycles. The zero-order valence-corrected chi connectivity index (χ0v) is 13.6. The van der Waals surface area contributed by atoms with Crippen molar-refractivity contribution in [3.63, 3.8) is 0 Å². The number of rotatable bonds is 3. The molecule has 0 saturated heterocycles. The molecule has 8 heteroatoms. The van der Waals surface area contributed by atoms with Gasteiger partial charge in [0.15, 0.2) is 0 Å². The first-order valence-electron chi connectivity index (χ1n) is 7.99. The molecule has 0 unspecified atom stereocenters. The molecule has 25 heavy (non-hydrogen) atoms. The third kappa shape index (κ3) is 2.55. The molecule has 4 rings (SSSR count). The average molecular weight is 339 g/mol. The van der Waals surface area contributed by atoms with E-state index in [4.69, 9.17) is 0 Å². The van der Waals surface area contributed by atoms with E-state index in [0.717, 1.165) is 22.6 Å². The van der Waals surface area contributed by atoms with Crippen LogP contribution in [0.3, 0.4) is 0 Å². The minimum absolute atomic E-state index is 0.0951. The molecule has 1 aliphatic rings. The summed E-state index contributed by atoms with van der Waals surface area (Å²) < 4.78 is 1.87. The van der Waals surface area contributed by atoms with E-state index >= 15 is 0 Å². The van der Waals surface area contributed by atoms with Crippen molar-refractivity contribution in [2.75, 3.05) is 0 Å². The molecule has 1 atom stereocenters. The van der Waals surface area contributed by atoms with Crippen molar-refractivity contribution in [1.82, 2.24) is 24.3 Å². The van der Waals surface area contributed by atoms with Crippen molar-refractivity contribution in [1.29, 1.82) is 0 Å². The quantitative estimate of drug-likeness (QED) is 0.739. The molecule has 0 saturated carbocycles. The summed E-state index contributed by atoms with van der Waals surface area (Å²) in [4.78, 5) is 37.3. The molecule has 0 spiro atoms. The largest absolute Gasteiger partial charge is 0.480 e. The minimum atomic E-state index is -1.02. The molecule has 0 bridgehead atoms. The van der Waals surface area contributed by atoms with Crippen LogP contribution in [0.1, 0.15) is 22.6 Å². The summed E-state index contributed by atoms with van der Waals surface area (Å²) in [7, 11) is 0. The fourth-order valence-electron chi connectivity index (χ4n) is 3.31. The highest BCUT2D eigenvalue weighted by atomic mass is 16.4. The molecule has 8 nitrogen and oxygen atoms in total. The highest BCUT2D eigenvalue weighted by molar-refractivity contribution is 5.85. The van der Waals surface area contributed by atoms with Crippen LogP contribution in [-0.2, 0) is 29.0 Å². The van der Waals surface area contributed by atoms with Crippen LogP contribution in [0.5, 0.6) is 0 Å². The Morgan fingerprint density at radius 3 is 3.04 bits per heavy atom. The van der Waals surface area contributed by atoms with Gasteiger partial charge >= 0.3 is 5.97 Å². The molecule has 1 aliphatic heterocycles. The third-order valence-electron chi connectivity index (χ3n) is 4.64. The van der Waals surface area contributed by atoms with Crippen LogP contribution in [0.4, 0.5) is 0 Å². The Morgan fingerprint density at radius 2 is 2.24 bits per heavy atom. The maximum Gasteiger partial charge on any atom is 0.326 e. The number of aryl methyl sites for hydroxylation is 1. The van der Waals surface area contributed by atoms with Gasteiger partial charge in [0, 0.05) is 18.8 Å². The number of aromatic nitrogens is 4. The van der Waals surface area contributed by atoms with Crippen molar-refractivity contribution < 1.29 is 14.7 Å². The second-order valence-electron chi connectivity index (χ2n) is 6.22. The fraction of sp³-hybridized carbons (Fsp3) is 0.294. The molecule has 4 heterocycles. The molecule has 3 aromatic heterocycles. The Bertz CT molecular complexity index is 974. The van der Waals surface area contributed by atoms with E-state index in [1.54, 1.807) is 6.20 Å². The highest BCUT2D eigenvalue weighted by Gasteiger charge is 2.36. The lowest BCUT2D eigenvalue weighted by atomic mass is 10.0. The predicted molar refractivity (Wildman–Crippen MR) is 87.9 cm³/mol. The summed E-state index contributed by atoms with van der Waals surface area (Å²) in [5.74, 6) is -1.26. The van der Waals surface area contributed by atoms with Gasteiger partial charge < -0.3 is 19.4 Å². The van der Waals surface area contributed by atoms with Crippen LogP contribution in [-0.4, -0.2) is 47.3 Å². The van der Waals surface area contributed by atoms with Crippen LogP contribution in [0.2, 0.25) is 0 Å². The minimum Gasteiger partial charge on any atom is -0.480 e. The average Bonchev–Trinajstić information content (AvgIpc) is 3.21. The van der Waals surface area contributed by atoms with Gasteiger partial charge in [0.05, 0.1) is 36.4 Å². The molecule has 0 aromatic carbocycles. The molecule has 2 N–H and O–H groups in total. The van der Waals surface area contributed by atoms with Crippen molar-refractivity contribution >= 4 is 17.5 Å². The van der Waals surface area contributed by atoms with Crippen molar-refractivity contribution in [3.8, 4) is 0 Å². The number of amides is 1. The number of carboxylic acids is 1. The van der Waals surface area contributed by atoms with Gasteiger partial charge in [-0.05, 0) is 18.6 Å². The van der Waals surface area contributed by atoms with Crippen molar-refractivity contribution in [2.24, 2.45) is 0 Å². The number of carbonyl (C=O) groups is 2. The number of fused-ring (bicyclic) bond motifs is 2. The Labute approximate surface area is 143 Å². The monoisotopic (exact) mass is 339 g/mol. The number of hydrogen-bond acceptors (Lipinski definition) is 4. The number of carboxylic acid groups (broad SMARTS) is 1. The number of imidazole rings is 2. The number of H-pyrrole nitrogens is 1. The first kappa shape index (κ1) is 15.4. The summed E-state index contributed by atoms with van der Waals surface area (Å²) in [5, 5.41) is 9.51. The van der Waals surface area contributed by atoms with E-state index in [-0.39, 0.29) is 25.3 Å². The Balaban J connectivity index is 1.63. The molecular weight excluding hydrogens is 322 g/mol. The standard InChI is InChI=1S/C17H17N5O3/c1-10-3-2-4-21-11(7-18-16(10)21)5-15(23)22-8-13-12(19-9-20-13)6-14(22)17(24)25/h2-4,7,9,14H,5-6,8H2,1H3,(H,19,20)(H,24,25)/t14-/m0/s1. The van der Waals surface area contributed by atoms with Gasteiger partial charge in [0.25, 0.3) is 0 Å². The zero-order valence-electron chi connectivity index (χ0n) is 13.6. The number of hydrogen-bond donors (Lipinski definition) is 2. The number of aromatic amines is 1. The van der Waals surface area contributed by atoms with E-state index in [9.17, 15) is 14.7 Å². The van der Waals surface area contributed by atoms with E-state index in [1.807, 2.05) is 29.7 Å². The maximum absolute atomic E-state index is 12.8. The lowest BCUT2D eigenvalue weighted by Gasteiger charge is -2.32. The van der Waals surface area contributed by atoms with Gasteiger partial charge in [-0.25, -0.2) is 14.8 Å². The Morgan fingerprint density at radius 1 is 1.40 bits per heavy atom. The van der Waals surface area contributed by atoms with Crippen LogP contribution in [0, 0.1) is 6.92 Å². The van der Waals surface area contributed by atoms with Gasteiger partial charge in [-0.15, -0.1) is 0 Å². The van der Waals surface area contributed by atoms with Crippen LogP contribution >= 0.6 is 0 Å². The molecule has 1 amide bonds. The number of nitrogens with one attached hydrogen (secondary N) is 1. The van der Waals surface area contributed by atoms with Gasteiger partial charge in [0.1, 0.15) is 11.7 Å². The lowest BCUT2D eigenvalue weighted by Crippen LogP contribution is -2.49. The van der Waals surface area contributed by atoms with Gasteiger partial charge in [0.2, 0.25) is 5.91 Å². The normalized spacial score (nSPS) is 16.8. The smallest absolute Gasteiger partial charge is 0.326 e. The fourth-order valence-corrected chi connectivity index (χ4v) is 3.31. The van der Waals surface area contributed by atoms with E-state index < -0.39 is 12.0 Å². The topological polar surface area (TPSA) is 104 Å². The third-order valence-corrected chi connectivity index (χ3v) is 4.64. The molecule has 3 aromatic rings. The Kier molecular flexibility index (Phi) is 3.52. The second-order valence-corrected chi connectivity index (χ2v) is 6.22. The summed E-state index contributed by atoms with van der Waals surface area (Å²) >= 11 is 0. The van der Waals surface area contributed by atoms with Gasteiger partial charge in [-0.3, -0.25) is 4.79 Å². The SMILES string of the molecule is Cc1cccn2c(CC(=O)N3Cc4[nH]cnc4C[C@H]3C(=O)O)cnc12. The first-order chi connectivity index (χ1) is 12.0. The molecular formula is C17H17N5O3. The number of pyridine rings is 1. The van der Waals surface area contributed by atoms with Crippen LogP contribution in [0.25, 0.3) is 5.65 Å². The zero-order chi connectivity index (χ0) is 17.6. The summed E-state index contributed by atoms with van der Waals surface area (Å²) in [6.45, 7) is 2.18. The molecule has 128 valence electrons. The summed E-state index contributed by atoms with van der Waals surface area (Å²) in [6, 6.07) is 2.96. The second kappa shape index (κ2) is 5.73. The number of aliphatic carboxylic acids is 1. The first-order valence-corrected chi connectivity index (χ1v) is 7.99. The van der Waals surface area contributed by atoms with Gasteiger partial charge in [-0.2, -0.15) is 0 Å². The highest BCUT2D eigenvalue weighted by Crippen LogP contribution is 2.22. The lowest BCUT2D eigenvalue weighted by molar-refractivity contribution is -0.151. The van der Waals surface area contributed by atoms with E-state index in [0.29, 0.717) is 5.69 Å². The van der Waals surface area contributed by atoms with Crippen molar-refractivity contribution in [3.05, 3.63) is 53.5 Å².